The number of carboxylic acids is 1. The SMILES string of the molecule is CC1(C)CCCCC1[C@@H](O)/C=C/[C@@H]1[C@H]2C/C(=C/CCCC(=O)O)C[C@@H]2C[C@H]1O. The van der Waals surface area contributed by atoms with E-state index >= 15 is 0 Å². The molecule has 6 atom stereocenters. The third kappa shape index (κ3) is 5.07. The Morgan fingerprint density at radius 3 is 2.79 bits per heavy atom. The molecule has 4 nitrogen and oxygen atoms in total. The van der Waals surface area contributed by atoms with Gasteiger partial charge in [0.2, 0.25) is 0 Å². The molecule has 0 heterocycles. The van der Waals surface area contributed by atoms with Gasteiger partial charge in [-0.3, -0.25) is 4.79 Å². The minimum atomic E-state index is -0.727. The van der Waals surface area contributed by atoms with Gasteiger partial charge in [0, 0.05) is 12.3 Å². The average molecular weight is 391 g/mol. The maximum Gasteiger partial charge on any atom is 0.303 e. The molecule has 4 heteroatoms. The molecule has 3 aliphatic carbocycles. The van der Waals surface area contributed by atoms with Crippen LogP contribution in [0.3, 0.4) is 0 Å². The maximum atomic E-state index is 10.8. The number of aliphatic hydroxyl groups excluding tert-OH is 2. The van der Waals surface area contributed by atoms with Crippen LogP contribution in [0.4, 0.5) is 0 Å². The Hall–Kier alpha value is -1.13. The number of hydrogen-bond donors (Lipinski definition) is 3. The molecule has 0 aromatic heterocycles. The Kier molecular flexibility index (Phi) is 7.03. The molecule has 0 spiro atoms. The number of carboxylic acid groups (broad SMARTS) is 1. The summed E-state index contributed by atoms with van der Waals surface area (Å²) >= 11 is 0. The highest BCUT2D eigenvalue weighted by molar-refractivity contribution is 5.66. The van der Waals surface area contributed by atoms with E-state index in [1.807, 2.05) is 6.08 Å². The normalized spacial score (nSPS) is 37.4. The molecule has 1 unspecified atom stereocenters. The van der Waals surface area contributed by atoms with Crippen molar-refractivity contribution in [1.82, 2.24) is 0 Å². The molecular formula is C24H38O4. The molecule has 0 aromatic carbocycles. The summed E-state index contributed by atoms with van der Waals surface area (Å²) in [6.07, 6.45) is 15.0. The van der Waals surface area contributed by atoms with Crippen LogP contribution in [-0.2, 0) is 4.79 Å². The van der Waals surface area contributed by atoms with E-state index < -0.39 is 12.1 Å². The van der Waals surface area contributed by atoms with Crippen molar-refractivity contribution in [2.45, 2.75) is 90.3 Å². The summed E-state index contributed by atoms with van der Waals surface area (Å²) in [7, 11) is 0. The van der Waals surface area contributed by atoms with Crippen molar-refractivity contribution in [3.05, 3.63) is 23.8 Å². The van der Waals surface area contributed by atoms with Gasteiger partial charge in [0.25, 0.3) is 0 Å². The van der Waals surface area contributed by atoms with Crippen molar-refractivity contribution < 1.29 is 20.1 Å². The van der Waals surface area contributed by atoms with Crippen LogP contribution in [0.25, 0.3) is 0 Å². The lowest BCUT2D eigenvalue weighted by molar-refractivity contribution is -0.137. The first kappa shape index (κ1) is 21.6. The van der Waals surface area contributed by atoms with Gasteiger partial charge in [-0.25, -0.2) is 0 Å². The fraction of sp³-hybridized carbons (Fsp3) is 0.792. The smallest absolute Gasteiger partial charge is 0.303 e. The summed E-state index contributed by atoms with van der Waals surface area (Å²) in [4.78, 5) is 10.6. The lowest BCUT2D eigenvalue weighted by atomic mass is 9.66. The van der Waals surface area contributed by atoms with Crippen LogP contribution < -0.4 is 0 Å². The number of aliphatic carboxylic acids is 1. The van der Waals surface area contributed by atoms with E-state index in [9.17, 15) is 15.0 Å². The largest absolute Gasteiger partial charge is 0.481 e. The molecule has 0 aliphatic heterocycles. The van der Waals surface area contributed by atoms with Gasteiger partial charge in [-0.1, -0.05) is 50.5 Å². The molecule has 3 fully saturated rings. The molecule has 0 amide bonds. The molecule has 3 N–H and O–H groups in total. The van der Waals surface area contributed by atoms with Crippen molar-refractivity contribution in [2.75, 3.05) is 0 Å². The molecule has 0 bridgehead atoms. The molecule has 0 radical (unpaired) electrons. The summed E-state index contributed by atoms with van der Waals surface area (Å²) in [5, 5.41) is 30.1. The third-order valence-electron chi connectivity index (χ3n) is 7.67. The van der Waals surface area contributed by atoms with E-state index in [-0.39, 0.29) is 23.9 Å². The van der Waals surface area contributed by atoms with E-state index in [1.165, 1.54) is 24.8 Å². The highest BCUT2D eigenvalue weighted by Gasteiger charge is 2.45. The summed E-state index contributed by atoms with van der Waals surface area (Å²) in [5.41, 5.74) is 1.61. The highest BCUT2D eigenvalue weighted by atomic mass is 16.4. The molecular weight excluding hydrogens is 352 g/mol. The van der Waals surface area contributed by atoms with Crippen LogP contribution in [0.15, 0.2) is 23.8 Å². The number of hydrogen-bond acceptors (Lipinski definition) is 3. The number of allylic oxidation sites excluding steroid dienone is 2. The molecule has 3 aliphatic rings. The minimum absolute atomic E-state index is 0.135. The number of unbranched alkanes of at least 4 members (excludes halogenated alkanes) is 1. The first-order chi connectivity index (χ1) is 13.3. The van der Waals surface area contributed by atoms with E-state index in [2.05, 4.69) is 26.0 Å². The van der Waals surface area contributed by atoms with Crippen LogP contribution >= 0.6 is 0 Å². The van der Waals surface area contributed by atoms with Crippen LogP contribution in [0.5, 0.6) is 0 Å². The zero-order valence-electron chi connectivity index (χ0n) is 17.5. The number of rotatable bonds is 7. The van der Waals surface area contributed by atoms with Gasteiger partial charge in [-0.05, 0) is 68.1 Å². The molecule has 3 saturated carbocycles. The zero-order chi connectivity index (χ0) is 20.3. The van der Waals surface area contributed by atoms with E-state index in [1.54, 1.807) is 0 Å². The van der Waals surface area contributed by atoms with Crippen molar-refractivity contribution in [3.63, 3.8) is 0 Å². The Morgan fingerprint density at radius 1 is 1.29 bits per heavy atom. The average Bonchev–Trinajstić information content (AvgIpc) is 3.12. The molecule has 28 heavy (non-hydrogen) atoms. The third-order valence-corrected chi connectivity index (χ3v) is 7.67. The zero-order valence-corrected chi connectivity index (χ0v) is 17.5. The number of carbonyl (C=O) groups is 1. The molecule has 3 rings (SSSR count). The van der Waals surface area contributed by atoms with Crippen molar-refractivity contribution in [2.24, 2.45) is 29.1 Å². The first-order valence-electron chi connectivity index (χ1n) is 11.2. The maximum absolute atomic E-state index is 10.8. The highest BCUT2D eigenvalue weighted by Crippen LogP contribution is 2.51. The quantitative estimate of drug-likeness (QED) is 0.435. The Labute approximate surface area is 169 Å². The van der Waals surface area contributed by atoms with Crippen LogP contribution in [0.2, 0.25) is 0 Å². The summed E-state index contributed by atoms with van der Waals surface area (Å²) < 4.78 is 0. The topological polar surface area (TPSA) is 77.8 Å². The molecule has 0 saturated heterocycles. The Bertz CT molecular complexity index is 606. The van der Waals surface area contributed by atoms with E-state index in [0.717, 1.165) is 32.1 Å². The predicted molar refractivity (Wildman–Crippen MR) is 111 cm³/mol. The summed E-state index contributed by atoms with van der Waals surface area (Å²) in [6.45, 7) is 4.54. The fourth-order valence-corrected chi connectivity index (χ4v) is 6.03. The standard InChI is InChI=1S/C24H38O4/c1-24(2)12-6-5-8-20(24)21(25)11-10-18-19-14-16(7-3-4-9-23(27)28)13-17(19)15-22(18)26/h7,10-11,17-22,25-26H,3-6,8-9,12-15H2,1-2H3,(H,27,28)/b11-10+,16-7+/t17-,18-,19+,20?,21+,22-/m1/s1. The second-order valence-corrected chi connectivity index (χ2v) is 10.1. The molecule has 0 aromatic rings. The summed E-state index contributed by atoms with van der Waals surface area (Å²) in [6, 6.07) is 0. The monoisotopic (exact) mass is 390 g/mol. The van der Waals surface area contributed by atoms with Crippen molar-refractivity contribution in [1.29, 1.82) is 0 Å². The molecule has 158 valence electrons. The van der Waals surface area contributed by atoms with Gasteiger partial charge >= 0.3 is 5.97 Å². The van der Waals surface area contributed by atoms with Gasteiger partial charge < -0.3 is 15.3 Å². The van der Waals surface area contributed by atoms with Gasteiger partial charge in [-0.2, -0.15) is 0 Å². The van der Waals surface area contributed by atoms with Gasteiger partial charge in [0.15, 0.2) is 0 Å². The van der Waals surface area contributed by atoms with Crippen molar-refractivity contribution in [3.8, 4) is 0 Å². The predicted octanol–water partition coefficient (Wildman–Crippen LogP) is 4.71. The number of fused-ring (bicyclic) bond motifs is 1. The second kappa shape index (κ2) is 9.13. The minimum Gasteiger partial charge on any atom is -0.481 e. The van der Waals surface area contributed by atoms with Crippen LogP contribution in [-0.4, -0.2) is 33.5 Å². The number of aliphatic hydroxyl groups is 2. The van der Waals surface area contributed by atoms with Crippen LogP contribution in [0.1, 0.15) is 78.1 Å². The second-order valence-electron chi connectivity index (χ2n) is 10.1. The lowest BCUT2D eigenvalue weighted by Gasteiger charge is -2.40. The fourth-order valence-electron chi connectivity index (χ4n) is 6.03. The first-order valence-corrected chi connectivity index (χ1v) is 11.2. The van der Waals surface area contributed by atoms with Gasteiger partial charge in [0.05, 0.1) is 12.2 Å². The van der Waals surface area contributed by atoms with E-state index in [4.69, 9.17) is 5.11 Å². The Morgan fingerprint density at radius 2 is 2.07 bits per heavy atom. The van der Waals surface area contributed by atoms with Crippen molar-refractivity contribution >= 4 is 5.97 Å². The van der Waals surface area contributed by atoms with Gasteiger partial charge in [0.1, 0.15) is 0 Å². The van der Waals surface area contributed by atoms with Gasteiger partial charge in [-0.15, -0.1) is 0 Å². The van der Waals surface area contributed by atoms with E-state index in [0.29, 0.717) is 24.2 Å². The summed E-state index contributed by atoms with van der Waals surface area (Å²) in [5.74, 6) is 0.702. The van der Waals surface area contributed by atoms with Crippen LogP contribution in [0, 0.1) is 29.1 Å². The lowest BCUT2D eigenvalue weighted by Crippen LogP contribution is -2.36. The Balaban J connectivity index is 1.57.